The van der Waals surface area contributed by atoms with Crippen LogP contribution in [-0.2, 0) is 4.74 Å². The van der Waals surface area contributed by atoms with Gasteiger partial charge in [-0.15, -0.1) is 5.10 Å². The van der Waals surface area contributed by atoms with Crippen LogP contribution in [0.25, 0.3) is 11.3 Å². The van der Waals surface area contributed by atoms with E-state index in [1.807, 2.05) is 30.3 Å². The molecule has 1 heterocycles. The van der Waals surface area contributed by atoms with Crippen LogP contribution in [0.1, 0.15) is 20.8 Å². The highest BCUT2D eigenvalue weighted by molar-refractivity contribution is 5.78. The smallest absolute Gasteiger partial charge is 0.435 e. The lowest BCUT2D eigenvalue weighted by Crippen LogP contribution is -2.28. The minimum absolute atomic E-state index is 0.282. The number of hydrogen-bond donors (Lipinski definition) is 1. The molecule has 19 heavy (non-hydrogen) atoms. The van der Waals surface area contributed by atoms with Crippen molar-refractivity contribution in [3.05, 3.63) is 36.4 Å². The Morgan fingerprint density at radius 2 is 1.89 bits per heavy atom. The summed E-state index contributed by atoms with van der Waals surface area (Å²) in [6.45, 7) is 5.42. The largest absolute Gasteiger partial charge is 0.442 e. The number of benzene rings is 1. The van der Waals surface area contributed by atoms with Crippen molar-refractivity contribution in [1.82, 2.24) is 9.78 Å². The van der Waals surface area contributed by atoms with E-state index in [0.717, 1.165) is 5.56 Å². The predicted molar refractivity (Wildman–Crippen MR) is 73.7 cm³/mol. The number of hydrogen-bond acceptors (Lipinski definition) is 4. The number of ether oxygens (including phenoxy) is 1. The van der Waals surface area contributed by atoms with E-state index in [2.05, 4.69) is 5.10 Å². The highest BCUT2D eigenvalue weighted by atomic mass is 16.6. The van der Waals surface area contributed by atoms with Crippen molar-refractivity contribution in [2.45, 2.75) is 26.4 Å². The maximum Gasteiger partial charge on any atom is 0.435 e. The molecule has 100 valence electrons. The van der Waals surface area contributed by atoms with E-state index in [-0.39, 0.29) is 5.82 Å². The number of carbonyl (C=O) groups is 1. The van der Waals surface area contributed by atoms with Gasteiger partial charge in [-0.2, -0.15) is 4.68 Å². The molecule has 5 nitrogen and oxygen atoms in total. The van der Waals surface area contributed by atoms with Crippen LogP contribution in [0.2, 0.25) is 0 Å². The van der Waals surface area contributed by atoms with E-state index in [4.69, 9.17) is 10.5 Å². The predicted octanol–water partition coefficient (Wildman–Crippen LogP) is 2.92. The van der Waals surface area contributed by atoms with Crippen molar-refractivity contribution in [1.29, 1.82) is 0 Å². The number of anilines is 1. The second-order valence-electron chi connectivity index (χ2n) is 5.21. The Labute approximate surface area is 112 Å². The molecule has 2 aromatic rings. The molecule has 1 aromatic heterocycles. The molecule has 2 rings (SSSR count). The van der Waals surface area contributed by atoms with Crippen LogP contribution in [0.3, 0.4) is 0 Å². The Morgan fingerprint density at radius 3 is 2.47 bits per heavy atom. The molecule has 5 heteroatoms. The fourth-order valence-electron chi connectivity index (χ4n) is 1.66. The van der Waals surface area contributed by atoms with Crippen molar-refractivity contribution in [2.75, 3.05) is 5.73 Å². The summed E-state index contributed by atoms with van der Waals surface area (Å²) in [4.78, 5) is 12.1. The molecule has 0 unspecified atom stereocenters. The summed E-state index contributed by atoms with van der Waals surface area (Å²) >= 11 is 0. The first-order chi connectivity index (χ1) is 8.87. The molecule has 0 spiro atoms. The Balaban J connectivity index is 2.40. The Morgan fingerprint density at radius 1 is 1.26 bits per heavy atom. The molecule has 0 radical (unpaired) electrons. The molecule has 0 fully saturated rings. The Kier molecular flexibility index (Phi) is 3.29. The molecule has 0 aliphatic carbocycles. The highest BCUT2D eigenvalue weighted by Gasteiger charge is 2.21. The van der Waals surface area contributed by atoms with Crippen LogP contribution in [-0.4, -0.2) is 21.5 Å². The van der Waals surface area contributed by atoms with E-state index in [9.17, 15) is 4.79 Å². The third-order valence-electron chi connectivity index (χ3n) is 2.36. The first-order valence-electron chi connectivity index (χ1n) is 6.01. The normalized spacial score (nSPS) is 11.3. The minimum atomic E-state index is -0.578. The standard InChI is InChI=1S/C14H17N3O2/c1-14(2,3)19-13(18)17-11(9-12(15)16-17)10-7-5-4-6-8-10/h4-9H,1-3H3,(H2,15,16). The van der Waals surface area contributed by atoms with Gasteiger partial charge in [0.15, 0.2) is 0 Å². The summed E-state index contributed by atoms with van der Waals surface area (Å²) in [5.41, 5.74) is 6.58. The molecule has 0 atom stereocenters. The van der Waals surface area contributed by atoms with Crippen LogP contribution in [0.5, 0.6) is 0 Å². The summed E-state index contributed by atoms with van der Waals surface area (Å²) in [6, 6.07) is 11.1. The fourth-order valence-corrected chi connectivity index (χ4v) is 1.66. The lowest BCUT2D eigenvalue weighted by atomic mass is 10.1. The SMILES string of the molecule is CC(C)(C)OC(=O)n1nc(N)cc1-c1ccccc1. The zero-order chi connectivity index (χ0) is 14.0. The van der Waals surface area contributed by atoms with Gasteiger partial charge in [0.05, 0.1) is 5.69 Å². The second kappa shape index (κ2) is 4.76. The Bertz CT molecular complexity index is 582. The number of nitrogen functional groups attached to an aromatic ring is 1. The maximum absolute atomic E-state index is 12.1. The average Bonchev–Trinajstić information content (AvgIpc) is 2.70. The average molecular weight is 259 g/mol. The van der Waals surface area contributed by atoms with E-state index in [1.54, 1.807) is 26.8 Å². The molecule has 0 amide bonds. The third kappa shape index (κ3) is 3.13. The topological polar surface area (TPSA) is 70.1 Å². The van der Waals surface area contributed by atoms with E-state index < -0.39 is 11.7 Å². The molecule has 0 aliphatic rings. The van der Waals surface area contributed by atoms with Gasteiger partial charge in [-0.05, 0) is 20.8 Å². The van der Waals surface area contributed by atoms with Crippen LogP contribution >= 0.6 is 0 Å². The number of aromatic nitrogens is 2. The van der Waals surface area contributed by atoms with Crippen LogP contribution < -0.4 is 5.73 Å². The van der Waals surface area contributed by atoms with Crippen LogP contribution in [0.15, 0.2) is 36.4 Å². The highest BCUT2D eigenvalue weighted by Crippen LogP contribution is 2.22. The third-order valence-corrected chi connectivity index (χ3v) is 2.36. The molecular weight excluding hydrogens is 242 g/mol. The summed E-state index contributed by atoms with van der Waals surface area (Å²) in [7, 11) is 0. The van der Waals surface area contributed by atoms with Crippen molar-refractivity contribution < 1.29 is 9.53 Å². The molecule has 0 aliphatic heterocycles. The first-order valence-corrected chi connectivity index (χ1v) is 6.01. The summed E-state index contributed by atoms with van der Waals surface area (Å²) < 4.78 is 6.50. The zero-order valence-electron chi connectivity index (χ0n) is 11.3. The summed E-state index contributed by atoms with van der Waals surface area (Å²) in [6.07, 6.45) is -0.539. The van der Waals surface area contributed by atoms with Crippen molar-refractivity contribution in [3.63, 3.8) is 0 Å². The molecule has 0 saturated carbocycles. The van der Waals surface area contributed by atoms with Crippen molar-refractivity contribution in [2.24, 2.45) is 0 Å². The van der Waals surface area contributed by atoms with Gasteiger partial charge >= 0.3 is 6.09 Å². The molecular formula is C14H17N3O2. The van der Waals surface area contributed by atoms with Gasteiger partial charge in [-0.25, -0.2) is 4.79 Å². The Hall–Kier alpha value is -2.30. The number of nitrogens with two attached hydrogens (primary N) is 1. The van der Waals surface area contributed by atoms with Gasteiger partial charge < -0.3 is 10.5 Å². The zero-order valence-corrected chi connectivity index (χ0v) is 11.3. The second-order valence-corrected chi connectivity index (χ2v) is 5.21. The van der Waals surface area contributed by atoms with Crippen LogP contribution in [0, 0.1) is 0 Å². The number of nitrogens with zero attached hydrogens (tertiary/aromatic N) is 2. The number of rotatable bonds is 1. The minimum Gasteiger partial charge on any atom is -0.442 e. The summed E-state index contributed by atoms with van der Waals surface area (Å²) in [5, 5.41) is 3.99. The van der Waals surface area contributed by atoms with Crippen molar-refractivity contribution in [3.8, 4) is 11.3 Å². The van der Waals surface area contributed by atoms with Gasteiger partial charge in [0, 0.05) is 11.6 Å². The van der Waals surface area contributed by atoms with Crippen LogP contribution in [0.4, 0.5) is 10.6 Å². The van der Waals surface area contributed by atoms with Gasteiger partial charge in [-0.1, -0.05) is 30.3 Å². The van der Waals surface area contributed by atoms with Gasteiger partial charge in [-0.3, -0.25) is 0 Å². The first kappa shape index (κ1) is 13.1. The molecule has 0 bridgehead atoms. The molecule has 0 saturated heterocycles. The molecule has 1 aromatic carbocycles. The van der Waals surface area contributed by atoms with Gasteiger partial charge in [0.2, 0.25) is 0 Å². The number of carbonyl (C=O) groups excluding carboxylic acids is 1. The quantitative estimate of drug-likeness (QED) is 0.854. The van der Waals surface area contributed by atoms with Crippen molar-refractivity contribution >= 4 is 11.9 Å². The van der Waals surface area contributed by atoms with E-state index >= 15 is 0 Å². The van der Waals surface area contributed by atoms with E-state index in [1.165, 1.54) is 4.68 Å². The molecule has 2 N–H and O–H groups in total. The maximum atomic E-state index is 12.1. The van der Waals surface area contributed by atoms with Gasteiger partial charge in [0.1, 0.15) is 11.4 Å². The monoisotopic (exact) mass is 259 g/mol. The fraction of sp³-hybridized carbons (Fsp3) is 0.286. The van der Waals surface area contributed by atoms with Gasteiger partial charge in [0.25, 0.3) is 0 Å². The lowest BCUT2D eigenvalue weighted by Gasteiger charge is -2.19. The summed E-state index contributed by atoms with van der Waals surface area (Å²) in [5.74, 6) is 0.282. The lowest BCUT2D eigenvalue weighted by molar-refractivity contribution is 0.0518. The van der Waals surface area contributed by atoms with E-state index in [0.29, 0.717) is 5.69 Å².